The van der Waals surface area contributed by atoms with E-state index in [4.69, 9.17) is 9.84 Å². The summed E-state index contributed by atoms with van der Waals surface area (Å²) in [6, 6.07) is 13.9. The molecule has 134 valence electrons. The number of benzene rings is 1. The van der Waals surface area contributed by atoms with Crippen molar-refractivity contribution in [1.82, 2.24) is 14.7 Å². The third-order valence-electron chi connectivity index (χ3n) is 4.67. The Morgan fingerprint density at radius 2 is 2.12 bits per heavy atom. The Bertz CT molecular complexity index is 902. The second-order valence-electron chi connectivity index (χ2n) is 6.38. The van der Waals surface area contributed by atoms with Crippen LogP contribution in [-0.4, -0.2) is 34.2 Å². The predicted molar refractivity (Wildman–Crippen MR) is 102 cm³/mol. The first-order valence-electron chi connectivity index (χ1n) is 8.75. The molecule has 0 aliphatic carbocycles. The van der Waals surface area contributed by atoms with Crippen molar-refractivity contribution in [3.63, 3.8) is 0 Å². The average Bonchev–Trinajstić information content (AvgIpc) is 3.28. The van der Waals surface area contributed by atoms with Crippen LogP contribution in [0.5, 0.6) is 5.75 Å². The zero-order valence-corrected chi connectivity index (χ0v) is 15.5. The Hall–Kier alpha value is -2.60. The lowest BCUT2D eigenvalue weighted by molar-refractivity contribution is -0.131. The third kappa shape index (κ3) is 3.37. The maximum Gasteiger partial charge on any atom is 0.227 e. The Balaban J connectivity index is 1.52. The summed E-state index contributed by atoms with van der Waals surface area (Å²) in [7, 11) is 1.64. The quantitative estimate of drug-likeness (QED) is 0.708. The molecule has 0 unspecified atom stereocenters. The van der Waals surface area contributed by atoms with Gasteiger partial charge in [0.25, 0.3) is 0 Å². The van der Waals surface area contributed by atoms with Crippen LogP contribution in [0.15, 0.2) is 47.8 Å². The van der Waals surface area contributed by atoms with E-state index in [9.17, 15) is 4.79 Å². The summed E-state index contributed by atoms with van der Waals surface area (Å²) in [6.07, 6.45) is 1.27. The molecule has 0 atom stereocenters. The summed E-state index contributed by atoms with van der Waals surface area (Å²) in [5.74, 6) is 0.891. The number of hydrogen-bond acceptors (Lipinski definition) is 4. The number of methoxy groups -OCH3 is 1. The molecule has 1 aromatic carbocycles. The van der Waals surface area contributed by atoms with Gasteiger partial charge in [0.2, 0.25) is 5.91 Å². The Morgan fingerprint density at radius 3 is 2.92 bits per heavy atom. The van der Waals surface area contributed by atoms with Crippen molar-refractivity contribution >= 4 is 17.2 Å². The molecule has 1 aliphatic rings. The van der Waals surface area contributed by atoms with Crippen molar-refractivity contribution in [1.29, 1.82) is 0 Å². The highest BCUT2D eigenvalue weighted by molar-refractivity contribution is 7.13. The number of amides is 1. The molecule has 3 aromatic rings. The lowest BCUT2D eigenvalue weighted by Gasteiger charge is -2.20. The van der Waals surface area contributed by atoms with Crippen LogP contribution >= 0.6 is 11.3 Å². The molecule has 2 aromatic heterocycles. The van der Waals surface area contributed by atoms with Crippen molar-refractivity contribution in [2.24, 2.45) is 0 Å². The second-order valence-corrected chi connectivity index (χ2v) is 7.33. The Labute approximate surface area is 156 Å². The first kappa shape index (κ1) is 16.8. The largest absolute Gasteiger partial charge is 0.496 e. The minimum Gasteiger partial charge on any atom is -0.496 e. The molecule has 4 rings (SSSR count). The number of carbonyl (C=O) groups is 1. The second kappa shape index (κ2) is 7.33. The van der Waals surface area contributed by atoms with Gasteiger partial charge in [-0.05, 0) is 30.0 Å². The molecule has 0 saturated carbocycles. The number of nitrogens with zero attached hydrogens (tertiary/aromatic N) is 3. The number of hydrogen-bond donors (Lipinski definition) is 0. The molecule has 0 saturated heterocycles. The fraction of sp³-hybridized carbons (Fsp3) is 0.300. The summed E-state index contributed by atoms with van der Waals surface area (Å²) in [4.78, 5) is 16.0. The monoisotopic (exact) mass is 367 g/mol. The standard InChI is InChI=1S/C20H21N3O2S/c1-25-18-7-3-2-6-15(18)12-20(24)22-9-5-10-23-16(14-22)13-17(21-23)19-8-4-11-26-19/h2-4,6-8,11,13H,5,9-10,12,14H2,1H3. The van der Waals surface area contributed by atoms with E-state index >= 15 is 0 Å². The maximum absolute atomic E-state index is 12.9. The topological polar surface area (TPSA) is 47.4 Å². The van der Waals surface area contributed by atoms with Crippen molar-refractivity contribution in [2.45, 2.75) is 25.9 Å². The number of carbonyl (C=O) groups excluding carboxylic acids is 1. The van der Waals surface area contributed by atoms with E-state index in [1.165, 1.54) is 0 Å². The van der Waals surface area contributed by atoms with Crippen LogP contribution in [0.4, 0.5) is 0 Å². The van der Waals surface area contributed by atoms with Crippen molar-refractivity contribution in [3.05, 3.63) is 59.1 Å². The lowest BCUT2D eigenvalue weighted by Crippen LogP contribution is -2.32. The van der Waals surface area contributed by atoms with Crippen LogP contribution in [0.25, 0.3) is 10.6 Å². The molecule has 0 N–H and O–H groups in total. The summed E-state index contributed by atoms with van der Waals surface area (Å²) in [5.41, 5.74) is 3.02. The fourth-order valence-corrected chi connectivity index (χ4v) is 4.02. The lowest BCUT2D eigenvalue weighted by atomic mass is 10.1. The summed E-state index contributed by atoms with van der Waals surface area (Å²) in [6.45, 7) is 2.21. The number of aromatic nitrogens is 2. The van der Waals surface area contributed by atoms with Gasteiger partial charge in [-0.15, -0.1) is 11.3 Å². The highest BCUT2D eigenvalue weighted by Crippen LogP contribution is 2.26. The van der Waals surface area contributed by atoms with Gasteiger partial charge in [-0.3, -0.25) is 9.48 Å². The van der Waals surface area contributed by atoms with E-state index in [1.54, 1.807) is 18.4 Å². The van der Waals surface area contributed by atoms with Gasteiger partial charge in [0.1, 0.15) is 11.4 Å². The van der Waals surface area contributed by atoms with Crippen LogP contribution < -0.4 is 4.74 Å². The Kier molecular flexibility index (Phi) is 4.75. The first-order chi connectivity index (χ1) is 12.7. The number of aryl methyl sites for hydroxylation is 1. The van der Waals surface area contributed by atoms with Crippen LogP contribution in [0, 0.1) is 0 Å². The van der Waals surface area contributed by atoms with E-state index < -0.39 is 0 Å². The van der Waals surface area contributed by atoms with Gasteiger partial charge in [0.05, 0.1) is 30.6 Å². The summed E-state index contributed by atoms with van der Waals surface area (Å²) in [5, 5.41) is 6.79. The molecule has 1 amide bonds. The van der Waals surface area contributed by atoms with E-state index in [2.05, 4.69) is 17.5 Å². The molecule has 0 radical (unpaired) electrons. The molecule has 6 heteroatoms. The smallest absolute Gasteiger partial charge is 0.227 e. The zero-order valence-electron chi connectivity index (χ0n) is 14.7. The normalized spacial score (nSPS) is 14.0. The number of fused-ring (bicyclic) bond motifs is 1. The molecule has 0 bridgehead atoms. The summed E-state index contributed by atoms with van der Waals surface area (Å²) >= 11 is 1.69. The van der Waals surface area contributed by atoms with Crippen molar-refractivity contribution < 1.29 is 9.53 Å². The van der Waals surface area contributed by atoms with Gasteiger partial charge in [0, 0.05) is 18.7 Å². The van der Waals surface area contributed by atoms with E-state index in [-0.39, 0.29) is 5.91 Å². The van der Waals surface area contributed by atoms with E-state index in [0.29, 0.717) is 13.0 Å². The molecular formula is C20H21N3O2S. The summed E-state index contributed by atoms with van der Waals surface area (Å²) < 4.78 is 7.42. The van der Waals surface area contributed by atoms with E-state index in [0.717, 1.165) is 47.1 Å². The molecule has 26 heavy (non-hydrogen) atoms. The highest BCUT2D eigenvalue weighted by atomic mass is 32.1. The van der Waals surface area contributed by atoms with E-state index in [1.807, 2.05) is 39.9 Å². The third-order valence-corrected chi connectivity index (χ3v) is 5.57. The molecule has 0 spiro atoms. The molecular weight excluding hydrogens is 346 g/mol. The number of para-hydroxylation sites is 1. The molecule has 5 nitrogen and oxygen atoms in total. The minimum absolute atomic E-state index is 0.127. The molecule has 0 fully saturated rings. The van der Waals surface area contributed by atoms with Gasteiger partial charge in [0.15, 0.2) is 0 Å². The zero-order chi connectivity index (χ0) is 17.9. The SMILES string of the molecule is COc1ccccc1CC(=O)N1CCCn2nc(-c3cccs3)cc2C1. The van der Waals surface area contributed by atoms with Crippen molar-refractivity contribution in [2.75, 3.05) is 13.7 Å². The molecule has 1 aliphatic heterocycles. The fourth-order valence-electron chi connectivity index (χ4n) is 3.34. The van der Waals surface area contributed by atoms with Crippen LogP contribution in [-0.2, 0) is 24.3 Å². The highest BCUT2D eigenvalue weighted by Gasteiger charge is 2.22. The number of rotatable bonds is 4. The van der Waals surface area contributed by atoms with Gasteiger partial charge in [-0.1, -0.05) is 24.3 Å². The van der Waals surface area contributed by atoms with Crippen LogP contribution in [0.3, 0.4) is 0 Å². The molecule has 3 heterocycles. The van der Waals surface area contributed by atoms with Gasteiger partial charge in [-0.25, -0.2) is 0 Å². The first-order valence-corrected chi connectivity index (χ1v) is 9.63. The minimum atomic E-state index is 0.127. The number of ether oxygens (including phenoxy) is 1. The van der Waals surface area contributed by atoms with Crippen molar-refractivity contribution in [3.8, 4) is 16.3 Å². The Morgan fingerprint density at radius 1 is 1.23 bits per heavy atom. The average molecular weight is 367 g/mol. The van der Waals surface area contributed by atoms with Gasteiger partial charge in [-0.2, -0.15) is 5.10 Å². The van der Waals surface area contributed by atoms with Crippen LogP contribution in [0.2, 0.25) is 0 Å². The predicted octanol–water partition coefficient (Wildman–Crippen LogP) is 3.60. The van der Waals surface area contributed by atoms with Crippen LogP contribution in [0.1, 0.15) is 17.7 Å². The van der Waals surface area contributed by atoms with Gasteiger partial charge < -0.3 is 9.64 Å². The van der Waals surface area contributed by atoms with Gasteiger partial charge >= 0.3 is 0 Å². The number of thiophene rings is 1. The maximum atomic E-state index is 12.9.